The highest BCUT2D eigenvalue weighted by atomic mass is 19.1. The molecule has 0 amide bonds. The number of ketones is 1. The molecule has 1 nitrogen and oxygen atoms in total. The second kappa shape index (κ2) is 7.56. The van der Waals surface area contributed by atoms with Gasteiger partial charge in [-0.25, -0.2) is 4.39 Å². The van der Waals surface area contributed by atoms with Crippen LogP contribution in [-0.2, 0) is 10.2 Å². The summed E-state index contributed by atoms with van der Waals surface area (Å²) in [5.41, 5.74) is 0.363. The average molecular weight is 278 g/mol. The highest BCUT2D eigenvalue weighted by Gasteiger charge is 2.30. The van der Waals surface area contributed by atoms with Crippen LogP contribution >= 0.6 is 0 Å². The van der Waals surface area contributed by atoms with Crippen LogP contribution in [0.25, 0.3) is 0 Å². The van der Waals surface area contributed by atoms with Gasteiger partial charge in [-0.15, -0.1) is 0 Å². The van der Waals surface area contributed by atoms with Crippen molar-refractivity contribution < 1.29 is 9.18 Å². The summed E-state index contributed by atoms with van der Waals surface area (Å²) in [4.78, 5) is 12.6. The lowest BCUT2D eigenvalue weighted by Crippen LogP contribution is -2.30. The van der Waals surface area contributed by atoms with Gasteiger partial charge >= 0.3 is 0 Å². The average Bonchev–Trinajstić information content (AvgIpc) is 2.43. The monoisotopic (exact) mass is 278 g/mol. The zero-order valence-corrected chi connectivity index (χ0v) is 13.2. The van der Waals surface area contributed by atoms with E-state index in [9.17, 15) is 9.18 Å². The minimum atomic E-state index is -0.534. The molecule has 0 aromatic heterocycles. The van der Waals surface area contributed by atoms with Gasteiger partial charge in [-0.05, 0) is 37.5 Å². The maximum Gasteiger partial charge on any atom is 0.143 e. The van der Waals surface area contributed by atoms with Crippen LogP contribution < -0.4 is 0 Å². The molecule has 1 rings (SSSR count). The minimum Gasteiger partial charge on any atom is -0.299 e. The van der Waals surface area contributed by atoms with Gasteiger partial charge in [-0.2, -0.15) is 0 Å². The number of benzene rings is 1. The van der Waals surface area contributed by atoms with Crippen molar-refractivity contribution in [1.82, 2.24) is 0 Å². The standard InChI is InChI=1S/C18H27FO/c1-5-7-8-14(6-2)13-17(20)18(3,4)15-9-11-16(19)12-10-15/h9-12,14H,5-8,13H2,1-4H3. The largest absolute Gasteiger partial charge is 0.299 e. The molecule has 0 spiro atoms. The van der Waals surface area contributed by atoms with Crippen molar-refractivity contribution in [2.24, 2.45) is 5.92 Å². The first-order chi connectivity index (χ1) is 9.41. The molecule has 1 atom stereocenters. The molecule has 0 aliphatic carbocycles. The van der Waals surface area contributed by atoms with Crippen molar-refractivity contribution in [3.8, 4) is 0 Å². The summed E-state index contributed by atoms with van der Waals surface area (Å²) in [7, 11) is 0. The number of rotatable bonds is 8. The number of carbonyl (C=O) groups excluding carboxylic acids is 1. The van der Waals surface area contributed by atoms with E-state index in [4.69, 9.17) is 0 Å². The first-order valence-electron chi connectivity index (χ1n) is 7.71. The summed E-state index contributed by atoms with van der Waals surface area (Å²) < 4.78 is 13.0. The van der Waals surface area contributed by atoms with Crippen molar-refractivity contribution >= 4 is 5.78 Å². The number of hydrogen-bond donors (Lipinski definition) is 0. The Hall–Kier alpha value is -1.18. The molecule has 0 aliphatic rings. The van der Waals surface area contributed by atoms with E-state index >= 15 is 0 Å². The summed E-state index contributed by atoms with van der Waals surface area (Å²) in [6, 6.07) is 6.30. The number of carbonyl (C=O) groups is 1. The number of unbranched alkanes of at least 4 members (excludes halogenated alkanes) is 1. The molecule has 1 aromatic rings. The Morgan fingerprint density at radius 3 is 2.30 bits per heavy atom. The Labute approximate surface area is 122 Å². The van der Waals surface area contributed by atoms with Gasteiger partial charge in [0.25, 0.3) is 0 Å². The van der Waals surface area contributed by atoms with E-state index in [0.29, 0.717) is 12.3 Å². The lowest BCUT2D eigenvalue weighted by Gasteiger charge is -2.26. The predicted molar refractivity (Wildman–Crippen MR) is 82.4 cm³/mol. The molecular weight excluding hydrogens is 251 g/mol. The molecule has 0 radical (unpaired) electrons. The van der Waals surface area contributed by atoms with E-state index in [1.165, 1.54) is 25.0 Å². The zero-order valence-electron chi connectivity index (χ0n) is 13.2. The molecular formula is C18H27FO. The fourth-order valence-corrected chi connectivity index (χ4v) is 2.49. The minimum absolute atomic E-state index is 0.257. The van der Waals surface area contributed by atoms with Crippen LogP contribution in [0.5, 0.6) is 0 Å². The number of hydrogen-bond acceptors (Lipinski definition) is 1. The molecule has 0 bridgehead atoms. The Bertz CT molecular complexity index is 420. The third-order valence-corrected chi connectivity index (χ3v) is 4.28. The maximum absolute atomic E-state index is 13.0. The quantitative estimate of drug-likeness (QED) is 0.632. The van der Waals surface area contributed by atoms with Gasteiger partial charge in [0.05, 0.1) is 0 Å². The maximum atomic E-state index is 13.0. The first-order valence-corrected chi connectivity index (χ1v) is 7.71. The van der Waals surface area contributed by atoms with Crippen molar-refractivity contribution in [2.75, 3.05) is 0 Å². The topological polar surface area (TPSA) is 17.1 Å². The summed E-state index contributed by atoms with van der Waals surface area (Å²) in [5, 5.41) is 0. The van der Waals surface area contributed by atoms with Gasteiger partial charge in [0.1, 0.15) is 11.6 Å². The van der Waals surface area contributed by atoms with E-state index in [1.807, 2.05) is 13.8 Å². The molecule has 112 valence electrons. The van der Waals surface area contributed by atoms with Crippen molar-refractivity contribution in [2.45, 2.75) is 65.2 Å². The highest BCUT2D eigenvalue weighted by Crippen LogP contribution is 2.29. The second-order valence-electron chi connectivity index (χ2n) is 6.18. The fraction of sp³-hybridized carbons (Fsp3) is 0.611. The molecule has 0 saturated heterocycles. The van der Waals surface area contributed by atoms with E-state index < -0.39 is 5.41 Å². The van der Waals surface area contributed by atoms with Gasteiger partial charge in [0, 0.05) is 11.8 Å². The fourth-order valence-electron chi connectivity index (χ4n) is 2.49. The molecule has 0 aliphatic heterocycles. The molecule has 1 unspecified atom stereocenters. The highest BCUT2D eigenvalue weighted by molar-refractivity contribution is 5.89. The molecule has 20 heavy (non-hydrogen) atoms. The van der Waals surface area contributed by atoms with Crippen LogP contribution in [0.15, 0.2) is 24.3 Å². The number of halogens is 1. The lowest BCUT2D eigenvalue weighted by atomic mass is 9.76. The van der Waals surface area contributed by atoms with E-state index in [2.05, 4.69) is 13.8 Å². The summed E-state index contributed by atoms with van der Waals surface area (Å²) in [6.07, 6.45) is 5.15. The van der Waals surface area contributed by atoms with Crippen LogP contribution in [0.3, 0.4) is 0 Å². The van der Waals surface area contributed by atoms with Crippen LogP contribution in [0.4, 0.5) is 4.39 Å². The van der Waals surface area contributed by atoms with Crippen molar-refractivity contribution in [1.29, 1.82) is 0 Å². The van der Waals surface area contributed by atoms with Crippen molar-refractivity contribution in [3.63, 3.8) is 0 Å². The normalized spacial score (nSPS) is 13.2. The predicted octanol–water partition coefficient (Wildman–Crippen LogP) is 5.28. The van der Waals surface area contributed by atoms with Gasteiger partial charge in [-0.3, -0.25) is 4.79 Å². The molecule has 0 N–H and O–H groups in total. The molecule has 1 aromatic carbocycles. The van der Waals surface area contributed by atoms with E-state index in [0.717, 1.165) is 18.4 Å². The number of Topliss-reactive ketones (excluding diaryl/α,β-unsaturated/α-hetero) is 1. The van der Waals surface area contributed by atoms with Gasteiger partial charge in [0.15, 0.2) is 0 Å². The Kier molecular flexibility index (Phi) is 6.38. The molecule has 2 heteroatoms. The third kappa shape index (κ3) is 4.43. The SMILES string of the molecule is CCCCC(CC)CC(=O)C(C)(C)c1ccc(F)cc1. The Morgan fingerprint density at radius 1 is 1.20 bits per heavy atom. The van der Waals surface area contributed by atoms with Gasteiger partial charge in [0.2, 0.25) is 0 Å². The summed E-state index contributed by atoms with van der Waals surface area (Å²) >= 11 is 0. The Balaban J connectivity index is 2.75. The first kappa shape index (κ1) is 16.9. The summed E-state index contributed by atoms with van der Waals surface area (Å²) in [6.45, 7) is 8.21. The molecule has 0 heterocycles. The second-order valence-corrected chi connectivity index (χ2v) is 6.18. The van der Waals surface area contributed by atoms with Gasteiger partial charge < -0.3 is 0 Å². The molecule has 0 saturated carbocycles. The smallest absolute Gasteiger partial charge is 0.143 e. The van der Waals surface area contributed by atoms with Crippen LogP contribution in [0, 0.1) is 11.7 Å². The summed E-state index contributed by atoms with van der Waals surface area (Å²) in [5.74, 6) is 0.473. The van der Waals surface area contributed by atoms with Gasteiger partial charge in [-0.1, -0.05) is 51.7 Å². The van der Waals surface area contributed by atoms with Crippen LogP contribution in [-0.4, -0.2) is 5.78 Å². The van der Waals surface area contributed by atoms with Crippen LogP contribution in [0.1, 0.15) is 65.4 Å². The lowest BCUT2D eigenvalue weighted by molar-refractivity contribution is -0.124. The van der Waals surface area contributed by atoms with Crippen molar-refractivity contribution in [3.05, 3.63) is 35.6 Å². The van der Waals surface area contributed by atoms with Crippen LogP contribution in [0.2, 0.25) is 0 Å². The zero-order chi connectivity index (χ0) is 15.2. The van der Waals surface area contributed by atoms with E-state index in [1.54, 1.807) is 12.1 Å². The van der Waals surface area contributed by atoms with E-state index in [-0.39, 0.29) is 11.6 Å². The third-order valence-electron chi connectivity index (χ3n) is 4.28. The Morgan fingerprint density at radius 2 is 1.80 bits per heavy atom. The molecule has 0 fully saturated rings.